The number of nitrogens with one attached hydrogen (secondary N) is 2. The minimum absolute atomic E-state index is 0.0993. The molecule has 0 radical (unpaired) electrons. The van der Waals surface area contributed by atoms with Gasteiger partial charge in [-0.25, -0.2) is 0 Å². The van der Waals surface area contributed by atoms with E-state index in [9.17, 15) is 9.00 Å². The Bertz CT molecular complexity index is 666. The molecule has 4 nitrogen and oxygen atoms in total. The van der Waals surface area contributed by atoms with Crippen molar-refractivity contribution in [2.45, 2.75) is 18.7 Å². The van der Waals surface area contributed by atoms with Gasteiger partial charge in [-0.15, -0.1) is 0 Å². The maximum absolute atomic E-state index is 12.0. The van der Waals surface area contributed by atoms with Crippen molar-refractivity contribution in [3.05, 3.63) is 59.7 Å². The van der Waals surface area contributed by atoms with Crippen LogP contribution in [0.5, 0.6) is 0 Å². The van der Waals surface area contributed by atoms with Crippen LogP contribution in [0.4, 0.5) is 5.69 Å². The molecule has 0 bridgehead atoms. The van der Waals surface area contributed by atoms with Gasteiger partial charge in [0.15, 0.2) is 0 Å². The molecule has 5 heteroatoms. The molecular weight excluding hydrogens is 308 g/mol. The van der Waals surface area contributed by atoms with Gasteiger partial charge in [-0.3, -0.25) is 9.00 Å². The molecule has 1 unspecified atom stereocenters. The Hall–Kier alpha value is -2.14. The fourth-order valence-electron chi connectivity index (χ4n) is 2.30. The van der Waals surface area contributed by atoms with Crippen LogP contribution in [-0.4, -0.2) is 29.0 Å². The quantitative estimate of drug-likeness (QED) is 0.820. The number of amides is 1. The number of carbonyl (C=O) groups is 1. The largest absolute Gasteiger partial charge is 0.376 e. The van der Waals surface area contributed by atoms with Crippen LogP contribution in [0, 0.1) is 13.8 Å². The summed E-state index contributed by atoms with van der Waals surface area (Å²) in [6.07, 6.45) is 0. The molecule has 0 aliphatic heterocycles. The average molecular weight is 330 g/mol. The van der Waals surface area contributed by atoms with Gasteiger partial charge in [0.1, 0.15) is 0 Å². The lowest BCUT2D eigenvalue weighted by Crippen LogP contribution is -2.33. The van der Waals surface area contributed by atoms with E-state index in [0.717, 1.165) is 21.7 Å². The van der Waals surface area contributed by atoms with Crippen molar-refractivity contribution in [3.8, 4) is 0 Å². The van der Waals surface area contributed by atoms with E-state index in [-0.39, 0.29) is 12.5 Å². The summed E-state index contributed by atoms with van der Waals surface area (Å²) in [6.45, 7) is 4.63. The SMILES string of the molecule is Cc1cccc(C)c1NCC(=O)NCCS(=O)c1ccccc1. The first-order valence-electron chi connectivity index (χ1n) is 7.58. The number of aryl methyl sites for hydroxylation is 2. The van der Waals surface area contributed by atoms with Crippen molar-refractivity contribution in [1.82, 2.24) is 5.32 Å². The van der Waals surface area contributed by atoms with Crippen LogP contribution >= 0.6 is 0 Å². The Labute approximate surface area is 139 Å². The van der Waals surface area contributed by atoms with Crippen LogP contribution in [0.25, 0.3) is 0 Å². The van der Waals surface area contributed by atoms with E-state index in [1.54, 1.807) is 0 Å². The second-order valence-electron chi connectivity index (χ2n) is 5.33. The molecule has 0 aliphatic carbocycles. The molecule has 23 heavy (non-hydrogen) atoms. The van der Waals surface area contributed by atoms with Gasteiger partial charge in [0, 0.05) is 22.9 Å². The predicted octanol–water partition coefficient (Wildman–Crippen LogP) is 2.64. The summed E-state index contributed by atoms with van der Waals surface area (Å²) in [5.74, 6) is 0.316. The fraction of sp³-hybridized carbons (Fsp3) is 0.278. The summed E-state index contributed by atoms with van der Waals surface area (Å²) in [5, 5.41) is 5.96. The number of rotatable bonds is 7. The summed E-state index contributed by atoms with van der Waals surface area (Å²) in [7, 11) is -1.08. The van der Waals surface area contributed by atoms with E-state index in [2.05, 4.69) is 10.6 Å². The zero-order chi connectivity index (χ0) is 16.7. The summed E-state index contributed by atoms with van der Waals surface area (Å²) < 4.78 is 12.0. The monoisotopic (exact) mass is 330 g/mol. The highest BCUT2D eigenvalue weighted by Crippen LogP contribution is 2.18. The third-order valence-electron chi connectivity index (χ3n) is 3.52. The molecule has 0 aliphatic rings. The Balaban J connectivity index is 1.74. The summed E-state index contributed by atoms with van der Waals surface area (Å²) in [5.41, 5.74) is 3.22. The normalized spacial score (nSPS) is 11.7. The molecule has 0 saturated heterocycles. The molecule has 0 saturated carbocycles. The van der Waals surface area contributed by atoms with Crippen molar-refractivity contribution >= 4 is 22.4 Å². The third-order valence-corrected chi connectivity index (χ3v) is 4.90. The number of para-hydroxylation sites is 1. The minimum atomic E-state index is -1.08. The number of hydrogen-bond donors (Lipinski definition) is 2. The zero-order valence-electron chi connectivity index (χ0n) is 13.5. The van der Waals surface area contributed by atoms with E-state index in [1.165, 1.54) is 0 Å². The molecule has 0 heterocycles. The first-order valence-corrected chi connectivity index (χ1v) is 8.90. The number of carbonyl (C=O) groups excluding carboxylic acids is 1. The van der Waals surface area contributed by atoms with Gasteiger partial charge in [-0.2, -0.15) is 0 Å². The number of anilines is 1. The van der Waals surface area contributed by atoms with Crippen LogP contribution < -0.4 is 10.6 Å². The summed E-state index contributed by atoms with van der Waals surface area (Å²) in [4.78, 5) is 12.7. The molecular formula is C18H22N2O2S. The maximum Gasteiger partial charge on any atom is 0.239 e. The second-order valence-corrected chi connectivity index (χ2v) is 6.90. The topological polar surface area (TPSA) is 58.2 Å². The fourth-order valence-corrected chi connectivity index (χ4v) is 3.28. The lowest BCUT2D eigenvalue weighted by molar-refractivity contribution is -0.119. The van der Waals surface area contributed by atoms with E-state index < -0.39 is 10.8 Å². The smallest absolute Gasteiger partial charge is 0.239 e. The molecule has 0 spiro atoms. The first kappa shape index (κ1) is 17.2. The number of benzene rings is 2. The minimum Gasteiger partial charge on any atom is -0.376 e. The summed E-state index contributed by atoms with van der Waals surface area (Å²) in [6, 6.07) is 15.3. The predicted molar refractivity (Wildman–Crippen MR) is 95.1 cm³/mol. The van der Waals surface area contributed by atoms with Crippen LogP contribution in [0.1, 0.15) is 11.1 Å². The molecule has 1 atom stereocenters. The van der Waals surface area contributed by atoms with Gasteiger partial charge in [0.05, 0.1) is 17.3 Å². The maximum atomic E-state index is 12.0. The van der Waals surface area contributed by atoms with Gasteiger partial charge < -0.3 is 10.6 Å². The van der Waals surface area contributed by atoms with Gasteiger partial charge in [0.25, 0.3) is 0 Å². The molecule has 2 aromatic carbocycles. The molecule has 1 amide bonds. The Morgan fingerprint density at radius 3 is 2.30 bits per heavy atom. The lowest BCUT2D eigenvalue weighted by atomic mass is 10.1. The highest BCUT2D eigenvalue weighted by molar-refractivity contribution is 7.85. The van der Waals surface area contributed by atoms with Crippen LogP contribution in [-0.2, 0) is 15.6 Å². The second kappa shape index (κ2) is 8.48. The van der Waals surface area contributed by atoms with E-state index in [4.69, 9.17) is 0 Å². The molecule has 0 fully saturated rings. The summed E-state index contributed by atoms with van der Waals surface area (Å²) >= 11 is 0. The van der Waals surface area contributed by atoms with Gasteiger partial charge >= 0.3 is 0 Å². The molecule has 2 rings (SSSR count). The lowest BCUT2D eigenvalue weighted by Gasteiger charge is -2.12. The highest BCUT2D eigenvalue weighted by Gasteiger charge is 2.07. The van der Waals surface area contributed by atoms with Gasteiger partial charge in [0.2, 0.25) is 5.91 Å². The van der Waals surface area contributed by atoms with Crippen molar-refractivity contribution in [2.75, 3.05) is 24.2 Å². The highest BCUT2D eigenvalue weighted by atomic mass is 32.2. The van der Waals surface area contributed by atoms with Gasteiger partial charge in [-0.05, 0) is 37.1 Å². The molecule has 2 aromatic rings. The zero-order valence-corrected chi connectivity index (χ0v) is 14.3. The Morgan fingerprint density at radius 2 is 1.65 bits per heavy atom. The van der Waals surface area contributed by atoms with Crippen molar-refractivity contribution in [3.63, 3.8) is 0 Å². The van der Waals surface area contributed by atoms with Crippen LogP contribution in [0.2, 0.25) is 0 Å². The Kier molecular flexibility index (Phi) is 6.35. The van der Waals surface area contributed by atoms with Crippen LogP contribution in [0.3, 0.4) is 0 Å². The molecule has 2 N–H and O–H groups in total. The number of hydrogen-bond acceptors (Lipinski definition) is 3. The van der Waals surface area contributed by atoms with Gasteiger partial charge in [-0.1, -0.05) is 36.4 Å². The van der Waals surface area contributed by atoms with Crippen molar-refractivity contribution < 1.29 is 9.00 Å². The van der Waals surface area contributed by atoms with E-state index in [0.29, 0.717) is 12.3 Å². The molecule has 122 valence electrons. The van der Waals surface area contributed by atoms with Crippen molar-refractivity contribution in [1.29, 1.82) is 0 Å². The van der Waals surface area contributed by atoms with E-state index >= 15 is 0 Å². The third kappa shape index (κ3) is 5.21. The average Bonchev–Trinajstić information content (AvgIpc) is 2.55. The molecule has 0 aromatic heterocycles. The Morgan fingerprint density at radius 1 is 1.00 bits per heavy atom. The first-order chi connectivity index (χ1) is 11.1. The van der Waals surface area contributed by atoms with Crippen LogP contribution in [0.15, 0.2) is 53.4 Å². The van der Waals surface area contributed by atoms with E-state index in [1.807, 2.05) is 62.4 Å². The van der Waals surface area contributed by atoms with Crippen molar-refractivity contribution in [2.24, 2.45) is 0 Å². The standard InChI is InChI=1S/C18H22N2O2S/c1-14-7-6-8-15(2)18(14)20-13-17(21)19-11-12-23(22)16-9-4-3-5-10-16/h3-10,20H,11-13H2,1-2H3,(H,19,21).